The van der Waals surface area contributed by atoms with E-state index in [0.717, 1.165) is 23.4 Å². The molecular weight excluding hydrogens is 371 g/mol. The van der Waals surface area contributed by atoms with Gasteiger partial charge < -0.3 is 0 Å². The summed E-state index contributed by atoms with van der Waals surface area (Å²) in [5.41, 5.74) is 1.70. The number of rotatable bonds is 5. The molecule has 0 bridgehead atoms. The molecule has 0 N–H and O–H groups in total. The van der Waals surface area contributed by atoms with Gasteiger partial charge in [0, 0.05) is 10.9 Å². The molecule has 0 aliphatic rings. The number of alkyl halides is 3. The van der Waals surface area contributed by atoms with Gasteiger partial charge in [0.05, 0.1) is 24.0 Å². The molecule has 0 aliphatic carbocycles. The SMILES string of the molecule is C=CCN=c1scc(-c2ccccc2)n1/N=C\c1ccc(C(F)(F)F)cc1. The van der Waals surface area contributed by atoms with Crippen LogP contribution in [0, 0.1) is 0 Å². The van der Waals surface area contributed by atoms with Gasteiger partial charge in [0.15, 0.2) is 0 Å². The predicted octanol–water partition coefficient (Wildman–Crippen LogP) is 5.20. The summed E-state index contributed by atoms with van der Waals surface area (Å²) in [5.74, 6) is 0. The van der Waals surface area contributed by atoms with E-state index in [1.807, 2.05) is 35.7 Å². The van der Waals surface area contributed by atoms with Gasteiger partial charge in [-0.3, -0.25) is 4.99 Å². The van der Waals surface area contributed by atoms with Crippen LogP contribution in [0.3, 0.4) is 0 Å². The summed E-state index contributed by atoms with van der Waals surface area (Å²) >= 11 is 1.44. The molecule has 0 saturated carbocycles. The normalized spacial score (nSPS) is 12.6. The Kier molecular flexibility index (Phi) is 5.71. The van der Waals surface area contributed by atoms with Gasteiger partial charge in [-0.05, 0) is 17.7 Å². The van der Waals surface area contributed by atoms with E-state index in [1.165, 1.54) is 29.7 Å². The fourth-order valence-electron chi connectivity index (χ4n) is 2.35. The molecule has 27 heavy (non-hydrogen) atoms. The van der Waals surface area contributed by atoms with Crippen molar-refractivity contribution in [2.45, 2.75) is 6.18 Å². The number of halogens is 3. The van der Waals surface area contributed by atoms with Crippen molar-refractivity contribution in [2.75, 3.05) is 6.54 Å². The smallest absolute Gasteiger partial charge is 0.253 e. The first-order chi connectivity index (χ1) is 13.0. The van der Waals surface area contributed by atoms with Crippen molar-refractivity contribution in [3.8, 4) is 11.3 Å². The maximum Gasteiger partial charge on any atom is 0.416 e. The van der Waals surface area contributed by atoms with E-state index in [2.05, 4.69) is 16.7 Å². The standard InChI is InChI=1S/C20H16F3N3S/c1-2-12-24-19-26(18(14-27-19)16-6-4-3-5-7-16)25-13-15-8-10-17(11-9-15)20(21,22)23/h2-11,13-14H,1,12H2/b24-19?,25-13-. The molecule has 3 rings (SSSR count). The molecule has 3 aromatic rings. The summed E-state index contributed by atoms with van der Waals surface area (Å²) in [6, 6.07) is 14.6. The van der Waals surface area contributed by atoms with E-state index < -0.39 is 11.7 Å². The zero-order chi connectivity index (χ0) is 19.3. The second-order valence-corrected chi connectivity index (χ2v) is 6.41. The molecule has 0 unspecified atom stereocenters. The van der Waals surface area contributed by atoms with Crippen LogP contribution in [0.4, 0.5) is 13.2 Å². The first kappa shape index (κ1) is 18.8. The van der Waals surface area contributed by atoms with E-state index in [1.54, 1.807) is 10.8 Å². The number of nitrogens with zero attached hydrogens (tertiary/aromatic N) is 3. The van der Waals surface area contributed by atoms with Crippen LogP contribution >= 0.6 is 11.3 Å². The highest BCUT2D eigenvalue weighted by atomic mass is 32.1. The first-order valence-electron chi connectivity index (χ1n) is 8.08. The summed E-state index contributed by atoms with van der Waals surface area (Å²) in [6.45, 7) is 4.11. The molecule has 1 heterocycles. The van der Waals surface area contributed by atoms with Crippen molar-refractivity contribution in [1.82, 2.24) is 4.68 Å². The Balaban J connectivity index is 1.98. The minimum absolute atomic E-state index is 0.449. The number of hydrogen-bond acceptors (Lipinski definition) is 3. The van der Waals surface area contributed by atoms with Gasteiger partial charge in [0.1, 0.15) is 0 Å². The quantitative estimate of drug-likeness (QED) is 0.425. The van der Waals surface area contributed by atoms with Crippen LogP contribution in [-0.2, 0) is 6.18 Å². The first-order valence-corrected chi connectivity index (χ1v) is 8.96. The van der Waals surface area contributed by atoms with E-state index >= 15 is 0 Å². The van der Waals surface area contributed by atoms with Gasteiger partial charge in [-0.15, -0.1) is 17.9 Å². The Morgan fingerprint density at radius 2 is 1.74 bits per heavy atom. The van der Waals surface area contributed by atoms with Gasteiger partial charge >= 0.3 is 6.18 Å². The van der Waals surface area contributed by atoms with E-state index in [9.17, 15) is 13.2 Å². The van der Waals surface area contributed by atoms with Crippen molar-refractivity contribution in [2.24, 2.45) is 10.1 Å². The minimum Gasteiger partial charge on any atom is -0.253 e. The molecule has 3 nitrogen and oxygen atoms in total. The summed E-state index contributed by atoms with van der Waals surface area (Å²) in [5, 5.41) is 6.40. The molecule has 0 aliphatic heterocycles. The molecular formula is C20H16F3N3S. The molecule has 0 radical (unpaired) electrons. The van der Waals surface area contributed by atoms with Gasteiger partial charge in [-0.25, -0.2) is 4.68 Å². The third-order valence-corrected chi connectivity index (χ3v) is 4.52. The van der Waals surface area contributed by atoms with Crippen LogP contribution in [0.1, 0.15) is 11.1 Å². The summed E-state index contributed by atoms with van der Waals surface area (Å²) in [6.07, 6.45) is -1.15. The average molecular weight is 387 g/mol. The van der Waals surface area contributed by atoms with Crippen LogP contribution in [0.15, 0.2) is 82.7 Å². The van der Waals surface area contributed by atoms with Crippen molar-refractivity contribution in [3.05, 3.63) is 88.6 Å². The fraction of sp³-hybridized carbons (Fsp3) is 0.100. The molecule has 0 fully saturated rings. The molecule has 7 heteroatoms. The minimum atomic E-state index is -4.35. The van der Waals surface area contributed by atoms with Gasteiger partial charge in [-0.1, -0.05) is 48.5 Å². The Hall–Kier alpha value is -2.93. The molecule has 138 valence electrons. The maximum absolute atomic E-state index is 12.7. The van der Waals surface area contributed by atoms with E-state index in [-0.39, 0.29) is 0 Å². The van der Waals surface area contributed by atoms with Crippen LogP contribution in [0.25, 0.3) is 11.3 Å². The Morgan fingerprint density at radius 3 is 2.37 bits per heavy atom. The Labute approximate surface area is 158 Å². The van der Waals surface area contributed by atoms with Crippen LogP contribution < -0.4 is 4.80 Å². The lowest BCUT2D eigenvalue weighted by Crippen LogP contribution is -2.12. The highest BCUT2D eigenvalue weighted by Crippen LogP contribution is 2.29. The van der Waals surface area contributed by atoms with Crippen molar-refractivity contribution < 1.29 is 13.2 Å². The molecule has 1 aromatic heterocycles. The highest BCUT2D eigenvalue weighted by Gasteiger charge is 2.29. The molecule has 0 atom stereocenters. The van der Waals surface area contributed by atoms with E-state index in [0.29, 0.717) is 16.9 Å². The van der Waals surface area contributed by atoms with E-state index in [4.69, 9.17) is 0 Å². The summed E-state index contributed by atoms with van der Waals surface area (Å²) in [7, 11) is 0. The lowest BCUT2D eigenvalue weighted by molar-refractivity contribution is -0.137. The van der Waals surface area contributed by atoms with Crippen LogP contribution in [0.2, 0.25) is 0 Å². The van der Waals surface area contributed by atoms with Crippen molar-refractivity contribution in [1.29, 1.82) is 0 Å². The zero-order valence-corrected chi connectivity index (χ0v) is 15.0. The largest absolute Gasteiger partial charge is 0.416 e. The van der Waals surface area contributed by atoms with Crippen molar-refractivity contribution >= 4 is 17.6 Å². The van der Waals surface area contributed by atoms with Gasteiger partial charge in [-0.2, -0.15) is 18.3 Å². The number of aromatic nitrogens is 1. The number of hydrogen-bond donors (Lipinski definition) is 0. The molecule has 0 spiro atoms. The molecule has 0 saturated heterocycles. The topological polar surface area (TPSA) is 29.6 Å². The maximum atomic E-state index is 12.7. The lowest BCUT2D eigenvalue weighted by Gasteiger charge is -2.06. The second-order valence-electron chi connectivity index (χ2n) is 5.58. The third kappa shape index (κ3) is 4.62. The van der Waals surface area contributed by atoms with Gasteiger partial charge in [0.25, 0.3) is 0 Å². The second kappa shape index (κ2) is 8.18. The molecule has 2 aromatic carbocycles. The lowest BCUT2D eigenvalue weighted by atomic mass is 10.1. The predicted molar refractivity (Wildman–Crippen MR) is 103 cm³/mol. The highest BCUT2D eigenvalue weighted by molar-refractivity contribution is 7.07. The van der Waals surface area contributed by atoms with Gasteiger partial charge in [0.2, 0.25) is 4.80 Å². The van der Waals surface area contributed by atoms with Crippen LogP contribution in [-0.4, -0.2) is 17.4 Å². The Bertz CT molecular complexity index is 997. The monoisotopic (exact) mass is 387 g/mol. The summed E-state index contributed by atoms with van der Waals surface area (Å²) in [4.78, 5) is 5.11. The Morgan fingerprint density at radius 1 is 1.04 bits per heavy atom. The zero-order valence-electron chi connectivity index (χ0n) is 14.2. The molecule has 0 amide bonds. The van der Waals surface area contributed by atoms with Crippen molar-refractivity contribution in [3.63, 3.8) is 0 Å². The third-order valence-electron chi connectivity index (χ3n) is 3.67. The number of thiazole rings is 1. The summed E-state index contributed by atoms with van der Waals surface area (Å²) < 4.78 is 39.7. The fourth-order valence-corrected chi connectivity index (χ4v) is 3.20. The van der Waals surface area contributed by atoms with Crippen LogP contribution in [0.5, 0.6) is 0 Å². The number of benzene rings is 2. The average Bonchev–Trinajstić information content (AvgIpc) is 3.07.